The molecule has 0 unspecified atom stereocenters. The largest absolute Gasteiger partial charge is 0.370 e. The number of benzene rings is 1. The van der Waals surface area contributed by atoms with Gasteiger partial charge in [0.25, 0.3) is 0 Å². The molecule has 0 spiro atoms. The number of hydrogen-bond acceptors (Lipinski definition) is 4. The summed E-state index contributed by atoms with van der Waals surface area (Å²) in [4.78, 5) is 2.68. The van der Waals surface area contributed by atoms with Gasteiger partial charge in [0.2, 0.25) is 0 Å². The van der Waals surface area contributed by atoms with Crippen molar-refractivity contribution >= 4 is 15.5 Å². The summed E-state index contributed by atoms with van der Waals surface area (Å²) in [5.74, 6) is 0.737. The number of aromatic nitrogens is 2. The fourth-order valence-corrected chi connectivity index (χ4v) is 4.28. The Bertz CT molecular complexity index is 733. The highest BCUT2D eigenvalue weighted by Crippen LogP contribution is 2.30. The average Bonchev–Trinajstić information content (AvgIpc) is 3.08. The summed E-state index contributed by atoms with van der Waals surface area (Å²) in [5.41, 5.74) is 0.854. The predicted octanol–water partition coefficient (Wildman–Crippen LogP) is 2.59. The number of anilines is 1. The van der Waals surface area contributed by atoms with Crippen molar-refractivity contribution in [1.29, 1.82) is 0 Å². The molecule has 0 saturated carbocycles. The van der Waals surface area contributed by atoms with Crippen molar-refractivity contribution in [2.45, 2.75) is 31.2 Å². The average molecular weight is 333 g/mol. The summed E-state index contributed by atoms with van der Waals surface area (Å²) in [5, 5.41) is 4.27. The SMILES string of the molecule is CCS(=O)(=O)c1ccccc1N1CCC(Cn2cccn2)CC1. The molecule has 0 N–H and O–H groups in total. The molecule has 23 heavy (non-hydrogen) atoms. The van der Waals surface area contributed by atoms with E-state index in [1.165, 1.54) is 0 Å². The summed E-state index contributed by atoms with van der Waals surface area (Å²) in [7, 11) is -3.19. The van der Waals surface area contributed by atoms with Crippen molar-refractivity contribution in [1.82, 2.24) is 9.78 Å². The number of rotatable bonds is 5. The molecule has 2 aromatic rings. The van der Waals surface area contributed by atoms with Gasteiger partial charge in [-0.05, 0) is 37.0 Å². The zero-order valence-corrected chi connectivity index (χ0v) is 14.2. The topological polar surface area (TPSA) is 55.2 Å². The number of nitrogens with zero attached hydrogens (tertiary/aromatic N) is 3. The lowest BCUT2D eigenvalue weighted by molar-refractivity contribution is 0.342. The van der Waals surface area contributed by atoms with Crippen LogP contribution in [0.2, 0.25) is 0 Å². The van der Waals surface area contributed by atoms with E-state index in [1.807, 2.05) is 29.1 Å². The molecule has 1 saturated heterocycles. The van der Waals surface area contributed by atoms with Crippen LogP contribution >= 0.6 is 0 Å². The minimum Gasteiger partial charge on any atom is -0.370 e. The molecule has 6 heteroatoms. The van der Waals surface area contributed by atoms with E-state index in [-0.39, 0.29) is 5.75 Å². The van der Waals surface area contributed by atoms with Crippen LogP contribution < -0.4 is 4.90 Å². The van der Waals surface area contributed by atoms with Gasteiger partial charge in [-0.2, -0.15) is 5.10 Å². The fraction of sp³-hybridized carbons (Fsp3) is 0.471. The van der Waals surface area contributed by atoms with Crippen LogP contribution in [-0.2, 0) is 16.4 Å². The lowest BCUT2D eigenvalue weighted by atomic mass is 9.96. The minimum atomic E-state index is -3.19. The van der Waals surface area contributed by atoms with Crippen LogP contribution in [-0.4, -0.2) is 37.0 Å². The monoisotopic (exact) mass is 333 g/mol. The zero-order chi connectivity index (χ0) is 16.3. The molecule has 0 aliphatic carbocycles. The Morgan fingerprint density at radius 1 is 1.17 bits per heavy atom. The van der Waals surface area contributed by atoms with Gasteiger partial charge in [-0.25, -0.2) is 8.42 Å². The maximum Gasteiger partial charge on any atom is 0.180 e. The molecule has 5 nitrogen and oxygen atoms in total. The maximum absolute atomic E-state index is 12.3. The van der Waals surface area contributed by atoms with E-state index in [9.17, 15) is 8.42 Å². The quantitative estimate of drug-likeness (QED) is 0.844. The molecular formula is C17H23N3O2S. The third-order valence-corrected chi connectivity index (χ3v) is 6.32. The summed E-state index contributed by atoms with van der Waals surface area (Å²) in [6.45, 7) is 4.42. The maximum atomic E-state index is 12.3. The number of piperidine rings is 1. The van der Waals surface area contributed by atoms with Crippen LogP contribution in [0.25, 0.3) is 0 Å². The summed E-state index contributed by atoms with van der Waals surface area (Å²) >= 11 is 0. The Labute approximate surface area is 137 Å². The van der Waals surface area contributed by atoms with E-state index in [0.717, 1.165) is 38.2 Å². The second-order valence-corrected chi connectivity index (χ2v) is 8.28. The molecule has 3 rings (SSSR count). The van der Waals surface area contributed by atoms with Crippen LogP contribution in [0, 0.1) is 5.92 Å². The van der Waals surface area contributed by atoms with Gasteiger partial charge in [-0.1, -0.05) is 19.1 Å². The van der Waals surface area contributed by atoms with Gasteiger partial charge in [0.05, 0.1) is 16.3 Å². The first-order valence-electron chi connectivity index (χ1n) is 8.14. The van der Waals surface area contributed by atoms with E-state index in [0.29, 0.717) is 10.8 Å². The molecule has 0 atom stereocenters. The van der Waals surface area contributed by atoms with E-state index in [1.54, 1.807) is 25.3 Å². The first-order valence-corrected chi connectivity index (χ1v) is 9.79. The van der Waals surface area contributed by atoms with Crippen molar-refractivity contribution in [3.63, 3.8) is 0 Å². The molecule has 1 aromatic carbocycles. The van der Waals surface area contributed by atoms with Gasteiger partial charge < -0.3 is 4.90 Å². The standard InChI is InChI=1S/C17H23N3O2S/c1-2-23(21,22)17-7-4-3-6-16(17)19-12-8-15(9-13-19)14-20-11-5-10-18-20/h3-7,10-11,15H,2,8-9,12-14H2,1H3. The molecule has 0 amide bonds. The van der Waals surface area contributed by atoms with Crippen LogP contribution in [0.1, 0.15) is 19.8 Å². The molecule has 2 heterocycles. The van der Waals surface area contributed by atoms with Crippen LogP contribution in [0.5, 0.6) is 0 Å². The predicted molar refractivity (Wildman–Crippen MR) is 91.3 cm³/mol. The smallest absolute Gasteiger partial charge is 0.180 e. The third kappa shape index (κ3) is 3.58. The van der Waals surface area contributed by atoms with E-state index >= 15 is 0 Å². The first-order chi connectivity index (χ1) is 11.1. The van der Waals surface area contributed by atoms with E-state index < -0.39 is 9.84 Å². The van der Waals surface area contributed by atoms with Gasteiger partial charge in [-0.3, -0.25) is 4.68 Å². The Balaban J connectivity index is 1.71. The van der Waals surface area contributed by atoms with Gasteiger partial charge in [0, 0.05) is 32.0 Å². The van der Waals surface area contributed by atoms with Crippen molar-refractivity contribution < 1.29 is 8.42 Å². The second kappa shape index (κ2) is 6.74. The molecule has 1 aromatic heterocycles. The summed E-state index contributed by atoms with van der Waals surface area (Å²) in [6, 6.07) is 9.32. The van der Waals surface area contributed by atoms with Gasteiger partial charge >= 0.3 is 0 Å². The number of sulfone groups is 1. The van der Waals surface area contributed by atoms with Crippen molar-refractivity contribution in [2.75, 3.05) is 23.7 Å². The number of para-hydroxylation sites is 1. The normalized spacial score (nSPS) is 16.7. The second-order valence-electron chi connectivity index (χ2n) is 6.03. The summed E-state index contributed by atoms with van der Waals surface area (Å²) in [6.07, 6.45) is 5.91. The molecule has 0 bridgehead atoms. The lowest BCUT2D eigenvalue weighted by Crippen LogP contribution is -2.35. The molecule has 124 valence electrons. The van der Waals surface area contributed by atoms with Gasteiger partial charge in [-0.15, -0.1) is 0 Å². The third-order valence-electron chi connectivity index (χ3n) is 4.54. The Morgan fingerprint density at radius 2 is 1.91 bits per heavy atom. The molecule has 1 aliphatic rings. The van der Waals surface area contributed by atoms with Gasteiger partial charge in [0.1, 0.15) is 0 Å². The molecule has 1 aliphatic heterocycles. The molecular weight excluding hydrogens is 310 g/mol. The van der Waals surface area contributed by atoms with Crippen LogP contribution in [0.15, 0.2) is 47.6 Å². The fourth-order valence-electron chi connectivity index (χ4n) is 3.17. The highest BCUT2D eigenvalue weighted by Gasteiger charge is 2.24. The first kappa shape index (κ1) is 16.1. The van der Waals surface area contributed by atoms with Crippen LogP contribution in [0.3, 0.4) is 0 Å². The Morgan fingerprint density at radius 3 is 2.57 bits per heavy atom. The minimum absolute atomic E-state index is 0.139. The van der Waals surface area contributed by atoms with E-state index in [4.69, 9.17) is 0 Å². The van der Waals surface area contributed by atoms with Crippen molar-refractivity contribution in [2.24, 2.45) is 5.92 Å². The Hall–Kier alpha value is -1.82. The van der Waals surface area contributed by atoms with Gasteiger partial charge in [0.15, 0.2) is 9.84 Å². The zero-order valence-electron chi connectivity index (χ0n) is 13.4. The van der Waals surface area contributed by atoms with Crippen LogP contribution in [0.4, 0.5) is 5.69 Å². The van der Waals surface area contributed by atoms with Crippen molar-refractivity contribution in [3.8, 4) is 0 Å². The summed E-state index contributed by atoms with van der Waals surface area (Å²) < 4.78 is 26.6. The Kier molecular flexibility index (Phi) is 4.71. The van der Waals surface area contributed by atoms with Crippen molar-refractivity contribution in [3.05, 3.63) is 42.7 Å². The molecule has 1 fully saturated rings. The van der Waals surface area contributed by atoms with E-state index in [2.05, 4.69) is 10.00 Å². The lowest BCUT2D eigenvalue weighted by Gasteiger charge is -2.34. The highest BCUT2D eigenvalue weighted by molar-refractivity contribution is 7.91. The highest BCUT2D eigenvalue weighted by atomic mass is 32.2. The molecule has 0 radical (unpaired) electrons. The number of hydrogen-bond donors (Lipinski definition) is 0.